The molecule has 4 aromatic rings. The molecule has 1 radical (unpaired) electrons. The van der Waals surface area contributed by atoms with Gasteiger partial charge in [-0.15, -0.1) is 29.1 Å². The van der Waals surface area contributed by atoms with E-state index in [0.29, 0.717) is 0 Å². The predicted molar refractivity (Wildman–Crippen MR) is 96.2 cm³/mol. The molecule has 0 amide bonds. The first-order valence-electron chi connectivity index (χ1n) is 7.75. The Morgan fingerprint density at radius 1 is 0.875 bits per heavy atom. The fourth-order valence-electron chi connectivity index (χ4n) is 2.99. The third-order valence-corrected chi connectivity index (χ3v) is 4.17. The van der Waals surface area contributed by atoms with E-state index < -0.39 is 0 Å². The summed E-state index contributed by atoms with van der Waals surface area (Å²) in [7, 11) is 0. The van der Waals surface area contributed by atoms with E-state index in [1.807, 2.05) is 18.3 Å². The van der Waals surface area contributed by atoms with Crippen molar-refractivity contribution in [2.24, 2.45) is 0 Å². The van der Waals surface area contributed by atoms with Crippen molar-refractivity contribution in [3.05, 3.63) is 90.6 Å². The molecule has 0 saturated heterocycles. The van der Waals surface area contributed by atoms with Crippen LogP contribution in [0, 0.1) is 13.0 Å². The van der Waals surface area contributed by atoms with Gasteiger partial charge in [-0.05, 0) is 23.7 Å². The van der Waals surface area contributed by atoms with E-state index in [1.54, 1.807) is 0 Å². The fourth-order valence-corrected chi connectivity index (χ4v) is 2.99. The molecule has 0 bridgehead atoms. The van der Waals surface area contributed by atoms with Gasteiger partial charge in [0.25, 0.3) is 0 Å². The Bertz CT molecular complexity index is 972. The van der Waals surface area contributed by atoms with Crippen LogP contribution in [-0.2, 0) is 20.1 Å². The van der Waals surface area contributed by atoms with Crippen LogP contribution in [0.1, 0.15) is 5.56 Å². The molecule has 24 heavy (non-hydrogen) atoms. The number of nitrogens with zero attached hydrogens (tertiary/aromatic N) is 1. The van der Waals surface area contributed by atoms with Crippen molar-refractivity contribution >= 4 is 10.8 Å². The maximum atomic E-state index is 4.71. The van der Waals surface area contributed by atoms with Crippen LogP contribution >= 0.6 is 0 Å². The first-order chi connectivity index (χ1) is 11.3. The molecule has 0 unspecified atom stereocenters. The molecule has 2 heteroatoms. The van der Waals surface area contributed by atoms with E-state index in [9.17, 15) is 0 Å². The summed E-state index contributed by atoms with van der Waals surface area (Å²) in [6, 6.07) is 28.3. The molecule has 119 valence electrons. The third-order valence-electron chi connectivity index (χ3n) is 4.17. The van der Waals surface area contributed by atoms with Crippen LogP contribution in [0.4, 0.5) is 0 Å². The molecule has 1 heterocycles. The maximum Gasteiger partial charge on any atom is 0.0242 e. The molecule has 3 aromatic carbocycles. The van der Waals surface area contributed by atoms with Gasteiger partial charge in [0.2, 0.25) is 0 Å². The number of rotatable bonds is 2. The van der Waals surface area contributed by atoms with Crippen LogP contribution < -0.4 is 0 Å². The van der Waals surface area contributed by atoms with E-state index in [4.69, 9.17) is 4.98 Å². The van der Waals surface area contributed by atoms with Crippen LogP contribution in [0.5, 0.6) is 0 Å². The summed E-state index contributed by atoms with van der Waals surface area (Å²) in [5, 5.41) is 2.40. The van der Waals surface area contributed by atoms with Gasteiger partial charge >= 0.3 is 0 Å². The Balaban J connectivity index is 0.00000169. The average molecular weight is 487 g/mol. The largest absolute Gasteiger partial charge is 0.304 e. The molecule has 0 aliphatic carbocycles. The van der Waals surface area contributed by atoms with Crippen LogP contribution in [-0.4, -0.2) is 4.98 Å². The van der Waals surface area contributed by atoms with E-state index >= 15 is 0 Å². The molecule has 4 rings (SSSR count). The van der Waals surface area contributed by atoms with E-state index in [1.165, 1.54) is 27.5 Å². The number of aromatic nitrogens is 1. The number of benzene rings is 3. The molecular weight excluding hydrogens is 470 g/mol. The van der Waals surface area contributed by atoms with Crippen molar-refractivity contribution in [1.29, 1.82) is 0 Å². The zero-order valence-electron chi connectivity index (χ0n) is 13.3. The van der Waals surface area contributed by atoms with E-state index in [0.717, 1.165) is 11.3 Å². The Morgan fingerprint density at radius 3 is 2.42 bits per heavy atom. The summed E-state index contributed by atoms with van der Waals surface area (Å²) >= 11 is 0. The normalized spacial score (nSPS) is 10.4. The molecule has 1 aromatic heterocycles. The molecule has 0 aliphatic heterocycles. The minimum Gasteiger partial charge on any atom is -0.304 e. The van der Waals surface area contributed by atoms with Gasteiger partial charge in [0, 0.05) is 31.9 Å². The Hall–Kier alpha value is -2.28. The maximum absolute atomic E-state index is 4.71. The number of hydrogen-bond acceptors (Lipinski definition) is 1. The number of hydrogen-bond donors (Lipinski definition) is 0. The SMILES string of the molecule is Cc1cc(-c2[c-]ccc3ccccc23)ncc1-c1ccccc1.[Ir]. The van der Waals surface area contributed by atoms with Crippen molar-refractivity contribution in [2.45, 2.75) is 6.92 Å². The Morgan fingerprint density at radius 2 is 1.62 bits per heavy atom. The number of fused-ring (bicyclic) bond motifs is 1. The Kier molecular flexibility index (Phi) is 4.89. The molecule has 0 spiro atoms. The molecular formula is C22H16IrN-. The molecule has 0 fully saturated rings. The number of aryl methyl sites for hydroxylation is 1. The Labute approximate surface area is 155 Å². The minimum atomic E-state index is 0. The van der Waals surface area contributed by atoms with Crippen molar-refractivity contribution in [3.8, 4) is 22.4 Å². The van der Waals surface area contributed by atoms with Gasteiger partial charge in [-0.3, -0.25) is 0 Å². The summed E-state index contributed by atoms with van der Waals surface area (Å²) in [4.78, 5) is 4.71. The van der Waals surface area contributed by atoms with Crippen molar-refractivity contribution in [3.63, 3.8) is 0 Å². The van der Waals surface area contributed by atoms with Crippen molar-refractivity contribution in [1.82, 2.24) is 4.98 Å². The fraction of sp³-hybridized carbons (Fsp3) is 0.0455. The number of pyridine rings is 1. The topological polar surface area (TPSA) is 12.9 Å². The van der Waals surface area contributed by atoms with Crippen molar-refractivity contribution in [2.75, 3.05) is 0 Å². The quantitative estimate of drug-likeness (QED) is 0.333. The van der Waals surface area contributed by atoms with Gasteiger partial charge < -0.3 is 4.98 Å². The van der Waals surface area contributed by atoms with Gasteiger partial charge in [0.1, 0.15) is 0 Å². The first-order valence-corrected chi connectivity index (χ1v) is 7.75. The van der Waals surface area contributed by atoms with Crippen LogP contribution in [0.2, 0.25) is 0 Å². The van der Waals surface area contributed by atoms with Crippen LogP contribution in [0.25, 0.3) is 33.2 Å². The molecule has 0 N–H and O–H groups in total. The zero-order chi connectivity index (χ0) is 15.6. The van der Waals surface area contributed by atoms with E-state index in [2.05, 4.69) is 73.7 Å². The van der Waals surface area contributed by atoms with Gasteiger partial charge in [0.05, 0.1) is 0 Å². The zero-order valence-corrected chi connectivity index (χ0v) is 15.7. The van der Waals surface area contributed by atoms with Gasteiger partial charge in [-0.25, -0.2) is 0 Å². The van der Waals surface area contributed by atoms with Crippen LogP contribution in [0.3, 0.4) is 0 Å². The second kappa shape index (κ2) is 7.09. The summed E-state index contributed by atoms with van der Waals surface area (Å²) in [5.74, 6) is 0. The first kappa shape index (κ1) is 16.6. The molecule has 0 aliphatic rings. The smallest absolute Gasteiger partial charge is 0.0242 e. The van der Waals surface area contributed by atoms with Crippen LogP contribution in [0.15, 0.2) is 79.0 Å². The van der Waals surface area contributed by atoms with Gasteiger partial charge in [-0.2, -0.15) is 0 Å². The van der Waals surface area contributed by atoms with Gasteiger partial charge in [0.15, 0.2) is 0 Å². The second-order valence-electron chi connectivity index (χ2n) is 5.69. The monoisotopic (exact) mass is 487 g/mol. The minimum absolute atomic E-state index is 0. The molecule has 0 saturated carbocycles. The second-order valence-corrected chi connectivity index (χ2v) is 5.69. The summed E-state index contributed by atoms with van der Waals surface area (Å²) in [6.45, 7) is 2.14. The average Bonchev–Trinajstić information content (AvgIpc) is 2.62. The van der Waals surface area contributed by atoms with Gasteiger partial charge in [-0.1, -0.05) is 66.0 Å². The van der Waals surface area contributed by atoms with Crippen molar-refractivity contribution < 1.29 is 20.1 Å². The molecule has 0 atom stereocenters. The van der Waals surface area contributed by atoms with E-state index in [-0.39, 0.29) is 20.1 Å². The third kappa shape index (κ3) is 3.03. The molecule has 1 nitrogen and oxygen atoms in total. The summed E-state index contributed by atoms with van der Waals surface area (Å²) < 4.78 is 0. The standard InChI is InChI=1S/C22H16N.Ir/c1-16-14-22(23-15-21(16)18-8-3-2-4-9-18)20-13-7-11-17-10-5-6-12-19(17)20;/h2-12,14-15H,1H3;/q-1;. The summed E-state index contributed by atoms with van der Waals surface area (Å²) in [6.07, 6.45) is 1.97. The summed E-state index contributed by atoms with van der Waals surface area (Å²) in [5.41, 5.74) is 5.63. The predicted octanol–water partition coefficient (Wildman–Crippen LogP) is 5.67.